The van der Waals surface area contributed by atoms with Crippen LogP contribution in [0.25, 0.3) is 0 Å². The molecule has 1 saturated heterocycles. The molecule has 5 heteroatoms. The largest absolute Gasteiger partial charge is 0.395 e. The van der Waals surface area contributed by atoms with E-state index in [9.17, 15) is 14.7 Å². The van der Waals surface area contributed by atoms with Gasteiger partial charge in [-0.1, -0.05) is 52.0 Å². The molecule has 1 heterocycles. The van der Waals surface area contributed by atoms with Gasteiger partial charge in [0.1, 0.15) is 5.78 Å². The Bertz CT molecular complexity index is 649. The van der Waals surface area contributed by atoms with E-state index in [0.29, 0.717) is 13.0 Å². The topological polar surface area (TPSA) is 60.9 Å². The van der Waals surface area contributed by atoms with Crippen molar-refractivity contribution in [2.24, 2.45) is 5.41 Å². The van der Waals surface area contributed by atoms with Gasteiger partial charge in [-0.25, -0.2) is 0 Å². The van der Waals surface area contributed by atoms with Crippen molar-refractivity contribution in [3.05, 3.63) is 35.4 Å². The molecule has 1 atom stereocenters. The zero-order valence-corrected chi connectivity index (χ0v) is 17.9. The summed E-state index contributed by atoms with van der Waals surface area (Å²) in [6.45, 7) is 11.8. The molecule has 1 aromatic rings. The van der Waals surface area contributed by atoms with Crippen molar-refractivity contribution in [1.82, 2.24) is 9.80 Å². The van der Waals surface area contributed by atoms with Crippen LogP contribution in [0.2, 0.25) is 0 Å². The van der Waals surface area contributed by atoms with Crippen LogP contribution in [-0.4, -0.2) is 71.8 Å². The van der Waals surface area contributed by atoms with Crippen molar-refractivity contribution in [1.29, 1.82) is 0 Å². The predicted octanol–water partition coefficient (Wildman–Crippen LogP) is 2.81. The van der Waals surface area contributed by atoms with Crippen LogP contribution in [0.4, 0.5) is 0 Å². The normalized spacial score (nSPS) is 19.0. The minimum Gasteiger partial charge on any atom is -0.395 e. The zero-order valence-electron chi connectivity index (χ0n) is 17.9. The van der Waals surface area contributed by atoms with Gasteiger partial charge < -0.3 is 5.11 Å². The van der Waals surface area contributed by atoms with Crippen LogP contribution in [0, 0.1) is 5.41 Å². The standard InChI is InChI=1S/C23H36N2O3/c1-5-21(27)16-24-13-14-25(20(15-24)17-26)12-6-7-18-8-10-19(11-9-18)22(28)23(2,3)4/h8-11,20,26H,5-7,12-17H2,1-4H3/t20-/m1/s1. The molecule has 1 aliphatic heterocycles. The van der Waals surface area contributed by atoms with Crippen LogP contribution < -0.4 is 0 Å². The Morgan fingerprint density at radius 1 is 1.14 bits per heavy atom. The summed E-state index contributed by atoms with van der Waals surface area (Å²) in [5.41, 5.74) is 1.65. The first-order valence-electron chi connectivity index (χ1n) is 10.5. The number of rotatable bonds is 9. The third kappa shape index (κ3) is 6.50. The maximum atomic E-state index is 12.3. The first kappa shape index (κ1) is 22.7. The maximum absolute atomic E-state index is 12.3. The highest BCUT2D eigenvalue weighted by molar-refractivity contribution is 5.99. The van der Waals surface area contributed by atoms with E-state index in [0.717, 1.165) is 44.6 Å². The Balaban J connectivity index is 1.81. The zero-order chi connectivity index (χ0) is 20.7. The minimum atomic E-state index is -0.356. The first-order valence-corrected chi connectivity index (χ1v) is 10.5. The lowest BCUT2D eigenvalue weighted by molar-refractivity contribution is -0.120. The van der Waals surface area contributed by atoms with E-state index in [4.69, 9.17) is 0 Å². The summed E-state index contributed by atoms with van der Waals surface area (Å²) in [7, 11) is 0. The Morgan fingerprint density at radius 2 is 1.82 bits per heavy atom. The smallest absolute Gasteiger partial charge is 0.168 e. The number of carbonyl (C=O) groups excluding carboxylic acids is 2. The molecule has 156 valence electrons. The number of nitrogens with zero attached hydrogens (tertiary/aromatic N) is 2. The number of carbonyl (C=O) groups is 2. The highest BCUT2D eigenvalue weighted by Gasteiger charge is 2.27. The van der Waals surface area contributed by atoms with Gasteiger partial charge in [0.15, 0.2) is 5.78 Å². The molecule has 0 amide bonds. The first-order chi connectivity index (χ1) is 13.2. The fourth-order valence-electron chi connectivity index (χ4n) is 3.67. The number of aliphatic hydroxyl groups is 1. The molecule has 1 aliphatic rings. The Kier molecular flexibility index (Phi) is 8.35. The van der Waals surface area contributed by atoms with E-state index >= 15 is 0 Å². The fraction of sp³-hybridized carbons (Fsp3) is 0.652. The van der Waals surface area contributed by atoms with E-state index in [2.05, 4.69) is 21.9 Å². The van der Waals surface area contributed by atoms with E-state index in [1.54, 1.807) is 0 Å². The molecule has 0 saturated carbocycles. The summed E-state index contributed by atoms with van der Waals surface area (Å²) in [5.74, 6) is 0.433. The van der Waals surface area contributed by atoms with Crippen LogP contribution >= 0.6 is 0 Å². The van der Waals surface area contributed by atoms with Crippen LogP contribution in [0.5, 0.6) is 0 Å². The quantitative estimate of drug-likeness (QED) is 0.659. The lowest BCUT2D eigenvalue weighted by atomic mass is 9.86. The number of aryl methyl sites for hydroxylation is 1. The van der Waals surface area contributed by atoms with Crippen LogP contribution in [0.3, 0.4) is 0 Å². The summed E-state index contributed by atoms with van der Waals surface area (Å²) in [6, 6.07) is 8.07. The average molecular weight is 389 g/mol. The molecule has 0 aromatic heterocycles. The second-order valence-electron chi connectivity index (χ2n) is 8.88. The predicted molar refractivity (Wildman–Crippen MR) is 113 cm³/mol. The lowest BCUT2D eigenvalue weighted by Crippen LogP contribution is -2.55. The van der Waals surface area contributed by atoms with Crippen LogP contribution in [-0.2, 0) is 11.2 Å². The summed E-state index contributed by atoms with van der Waals surface area (Å²) in [5, 5.41) is 9.75. The third-order valence-electron chi connectivity index (χ3n) is 5.50. The van der Waals surface area contributed by atoms with Gasteiger partial charge >= 0.3 is 0 Å². The van der Waals surface area contributed by atoms with E-state index in [-0.39, 0.29) is 29.6 Å². The highest BCUT2D eigenvalue weighted by Crippen LogP contribution is 2.21. The summed E-state index contributed by atoms with van der Waals surface area (Å²) < 4.78 is 0. The molecule has 0 unspecified atom stereocenters. The molecule has 5 nitrogen and oxygen atoms in total. The van der Waals surface area contributed by atoms with Gasteiger partial charge in [-0.05, 0) is 24.9 Å². The van der Waals surface area contributed by atoms with Crippen molar-refractivity contribution in [3.8, 4) is 0 Å². The molecule has 1 N–H and O–H groups in total. The average Bonchev–Trinajstić information content (AvgIpc) is 2.68. The Morgan fingerprint density at radius 3 is 2.39 bits per heavy atom. The molecule has 2 rings (SSSR count). The monoisotopic (exact) mass is 388 g/mol. The molecular formula is C23H36N2O3. The molecule has 0 radical (unpaired) electrons. The Labute approximate surface area is 169 Å². The second-order valence-corrected chi connectivity index (χ2v) is 8.88. The van der Waals surface area contributed by atoms with Crippen molar-refractivity contribution in [2.45, 2.75) is 53.0 Å². The van der Waals surface area contributed by atoms with Gasteiger partial charge in [0.05, 0.1) is 13.2 Å². The number of ketones is 2. The van der Waals surface area contributed by atoms with Gasteiger partial charge in [0.2, 0.25) is 0 Å². The highest BCUT2D eigenvalue weighted by atomic mass is 16.3. The van der Waals surface area contributed by atoms with Crippen molar-refractivity contribution >= 4 is 11.6 Å². The summed E-state index contributed by atoms with van der Waals surface area (Å²) in [4.78, 5) is 28.5. The summed E-state index contributed by atoms with van der Waals surface area (Å²) >= 11 is 0. The SMILES string of the molecule is CCC(=O)CN1CCN(CCCc2ccc(C(=O)C(C)(C)C)cc2)[C@@H](CO)C1. The Hall–Kier alpha value is -1.56. The number of hydrogen-bond donors (Lipinski definition) is 1. The fourth-order valence-corrected chi connectivity index (χ4v) is 3.67. The number of aliphatic hydroxyl groups excluding tert-OH is 1. The van der Waals surface area contributed by atoms with E-state index in [1.807, 2.05) is 39.8 Å². The lowest BCUT2D eigenvalue weighted by Gasteiger charge is -2.40. The van der Waals surface area contributed by atoms with Gasteiger partial charge in [-0.15, -0.1) is 0 Å². The van der Waals surface area contributed by atoms with Gasteiger partial charge in [0, 0.05) is 43.1 Å². The molecule has 0 aliphatic carbocycles. The molecule has 1 aromatic carbocycles. The number of hydrogen-bond acceptors (Lipinski definition) is 5. The second kappa shape index (κ2) is 10.3. The minimum absolute atomic E-state index is 0.102. The van der Waals surface area contributed by atoms with Gasteiger partial charge in [-0.2, -0.15) is 0 Å². The van der Waals surface area contributed by atoms with Crippen LogP contribution in [0.1, 0.15) is 56.5 Å². The molecular weight excluding hydrogens is 352 g/mol. The van der Waals surface area contributed by atoms with Crippen molar-refractivity contribution < 1.29 is 14.7 Å². The van der Waals surface area contributed by atoms with Crippen molar-refractivity contribution in [2.75, 3.05) is 39.3 Å². The van der Waals surface area contributed by atoms with Gasteiger partial charge in [0.25, 0.3) is 0 Å². The van der Waals surface area contributed by atoms with E-state index < -0.39 is 0 Å². The van der Waals surface area contributed by atoms with Gasteiger partial charge in [-0.3, -0.25) is 19.4 Å². The molecule has 28 heavy (non-hydrogen) atoms. The maximum Gasteiger partial charge on any atom is 0.168 e. The third-order valence-corrected chi connectivity index (χ3v) is 5.50. The number of benzene rings is 1. The molecule has 1 fully saturated rings. The molecule has 0 bridgehead atoms. The van der Waals surface area contributed by atoms with Crippen LogP contribution in [0.15, 0.2) is 24.3 Å². The van der Waals surface area contributed by atoms with Crippen molar-refractivity contribution in [3.63, 3.8) is 0 Å². The molecule has 0 spiro atoms. The summed E-state index contributed by atoms with van der Waals surface area (Å²) in [6.07, 6.45) is 2.54. The van der Waals surface area contributed by atoms with E-state index in [1.165, 1.54) is 5.56 Å². The number of piperazine rings is 1. The number of Topliss-reactive ketones (excluding diaryl/α,β-unsaturated/α-hetero) is 2.